The van der Waals surface area contributed by atoms with Gasteiger partial charge in [-0.15, -0.1) is 34.0 Å². The lowest BCUT2D eigenvalue weighted by atomic mass is 10.1. The van der Waals surface area contributed by atoms with Crippen LogP contribution in [0.5, 0.6) is 0 Å². The van der Waals surface area contributed by atoms with Crippen molar-refractivity contribution in [2.75, 3.05) is 5.32 Å². The molecule has 0 radical (unpaired) electrons. The van der Waals surface area contributed by atoms with E-state index in [1.165, 1.54) is 22.7 Å². The fourth-order valence-corrected chi connectivity index (χ4v) is 5.68. The summed E-state index contributed by atoms with van der Waals surface area (Å²) in [6.07, 6.45) is -5.00. The van der Waals surface area contributed by atoms with Gasteiger partial charge in [-0.05, 0) is 29.0 Å². The molecule has 0 aliphatic carbocycles. The van der Waals surface area contributed by atoms with Gasteiger partial charge in [0.15, 0.2) is 0 Å². The zero-order valence-electron chi connectivity index (χ0n) is 13.8. The second kappa shape index (κ2) is 6.29. The van der Waals surface area contributed by atoms with Crippen molar-refractivity contribution in [3.05, 3.63) is 56.5 Å². The largest absolute Gasteiger partial charge is 0.433 e. The van der Waals surface area contributed by atoms with Crippen LogP contribution in [0.2, 0.25) is 0 Å². The minimum absolute atomic E-state index is 0.192. The average molecular weight is 437 g/mol. The van der Waals surface area contributed by atoms with Gasteiger partial charge in [-0.1, -0.05) is 12.1 Å². The van der Waals surface area contributed by atoms with Gasteiger partial charge >= 0.3 is 6.18 Å². The van der Waals surface area contributed by atoms with Crippen molar-refractivity contribution in [3.63, 3.8) is 0 Å². The molecule has 0 saturated heterocycles. The molecule has 0 fully saturated rings. The van der Waals surface area contributed by atoms with Crippen LogP contribution in [0.1, 0.15) is 26.4 Å². The average Bonchev–Trinajstić information content (AvgIpc) is 3.40. The summed E-state index contributed by atoms with van der Waals surface area (Å²) in [6, 6.07) is 8.39. The maximum Gasteiger partial charge on any atom is 0.433 e. The molecule has 1 amide bonds. The standard InChI is InChI=1S/C18H10F3N3OS3/c19-18(20,21)11-7-8(9-3-1-5-26-9)12-13-14(28-17(12)22-11)16(25)24-15(23-13)10-4-2-6-27-10/h1-7,15,23H,(H,24,25). The molecule has 4 aromatic rings. The van der Waals surface area contributed by atoms with Crippen molar-refractivity contribution in [3.8, 4) is 10.4 Å². The molecular formula is C18H10F3N3OS3. The zero-order valence-corrected chi connectivity index (χ0v) is 16.3. The number of anilines is 1. The summed E-state index contributed by atoms with van der Waals surface area (Å²) in [4.78, 5) is 18.6. The van der Waals surface area contributed by atoms with E-state index in [0.717, 1.165) is 22.3 Å². The van der Waals surface area contributed by atoms with Crippen molar-refractivity contribution in [1.29, 1.82) is 0 Å². The fraction of sp³-hybridized carbons (Fsp3) is 0.111. The second-order valence-corrected chi connectivity index (χ2v) is 9.01. The Kier molecular flexibility index (Phi) is 3.97. The number of carbonyl (C=O) groups excluding carboxylic acids is 1. The molecule has 0 aromatic carbocycles. The van der Waals surface area contributed by atoms with Crippen molar-refractivity contribution < 1.29 is 18.0 Å². The zero-order chi connectivity index (χ0) is 19.5. The van der Waals surface area contributed by atoms with Gasteiger partial charge in [0.05, 0.1) is 5.69 Å². The van der Waals surface area contributed by atoms with Crippen molar-refractivity contribution in [2.24, 2.45) is 0 Å². The van der Waals surface area contributed by atoms with Crippen LogP contribution in [0.4, 0.5) is 18.9 Å². The number of nitrogens with zero attached hydrogens (tertiary/aromatic N) is 1. The van der Waals surface area contributed by atoms with Gasteiger partial charge in [0.2, 0.25) is 0 Å². The van der Waals surface area contributed by atoms with E-state index in [4.69, 9.17) is 0 Å². The molecule has 142 valence electrons. The number of carbonyl (C=O) groups is 1. The van der Waals surface area contributed by atoms with Gasteiger partial charge in [0.25, 0.3) is 5.91 Å². The molecule has 4 nitrogen and oxygen atoms in total. The van der Waals surface area contributed by atoms with Crippen LogP contribution in [0, 0.1) is 0 Å². The number of alkyl halides is 3. The predicted octanol–water partition coefficient (Wildman–Crippen LogP) is 5.96. The van der Waals surface area contributed by atoms with Crippen molar-refractivity contribution in [2.45, 2.75) is 12.3 Å². The molecule has 1 aliphatic heterocycles. The number of halogens is 3. The molecule has 1 aliphatic rings. The smallest absolute Gasteiger partial charge is 0.359 e. The van der Waals surface area contributed by atoms with Crippen molar-refractivity contribution >= 4 is 55.8 Å². The number of aromatic nitrogens is 1. The molecule has 2 N–H and O–H groups in total. The molecule has 1 atom stereocenters. The quantitative estimate of drug-likeness (QED) is 0.407. The molecule has 0 saturated carbocycles. The highest BCUT2D eigenvalue weighted by Gasteiger charge is 2.36. The van der Waals surface area contributed by atoms with Crippen LogP contribution in [-0.2, 0) is 6.18 Å². The number of hydrogen-bond acceptors (Lipinski definition) is 6. The number of amides is 1. The van der Waals surface area contributed by atoms with Crippen LogP contribution < -0.4 is 10.6 Å². The maximum absolute atomic E-state index is 13.4. The number of thiophene rings is 3. The number of rotatable bonds is 2. The van der Waals surface area contributed by atoms with Gasteiger partial charge in [-0.2, -0.15) is 13.2 Å². The van der Waals surface area contributed by atoms with Crippen LogP contribution >= 0.6 is 34.0 Å². The minimum Gasteiger partial charge on any atom is -0.359 e. The van der Waals surface area contributed by atoms with Crippen LogP contribution in [0.15, 0.2) is 41.1 Å². The Morgan fingerprint density at radius 1 is 1.07 bits per heavy atom. The SMILES string of the molecule is O=C1NC(c2cccs2)Nc2c1sc1nc(C(F)(F)F)cc(-c3cccs3)c21. The molecule has 5 heterocycles. The third-order valence-corrected chi connectivity index (χ3v) is 7.26. The molecule has 1 unspecified atom stereocenters. The Morgan fingerprint density at radius 2 is 1.86 bits per heavy atom. The second-order valence-electron chi connectivity index (χ2n) is 6.08. The van der Waals surface area contributed by atoms with Gasteiger partial charge in [0, 0.05) is 20.7 Å². The van der Waals surface area contributed by atoms with Gasteiger partial charge in [-0.25, -0.2) is 4.98 Å². The summed E-state index contributed by atoms with van der Waals surface area (Å²) in [7, 11) is 0. The third kappa shape index (κ3) is 2.79. The van der Waals surface area contributed by atoms with E-state index in [1.54, 1.807) is 12.1 Å². The highest BCUT2D eigenvalue weighted by atomic mass is 32.1. The van der Waals surface area contributed by atoms with Crippen molar-refractivity contribution in [1.82, 2.24) is 10.3 Å². The normalized spacial score (nSPS) is 16.7. The molecule has 28 heavy (non-hydrogen) atoms. The summed E-state index contributed by atoms with van der Waals surface area (Å²) < 4.78 is 40.2. The van der Waals surface area contributed by atoms with E-state index in [-0.39, 0.29) is 10.7 Å². The molecule has 4 aromatic heterocycles. The van der Waals surface area contributed by atoms with E-state index in [9.17, 15) is 18.0 Å². The highest BCUT2D eigenvalue weighted by Crippen LogP contribution is 2.46. The molecule has 5 rings (SSSR count). The Hall–Kier alpha value is -2.43. The first-order valence-electron chi connectivity index (χ1n) is 8.11. The summed E-state index contributed by atoms with van der Waals surface area (Å²) >= 11 is 3.80. The monoisotopic (exact) mass is 437 g/mol. The number of nitrogens with one attached hydrogen (secondary N) is 2. The van der Waals surface area contributed by atoms with Crippen LogP contribution in [-0.4, -0.2) is 10.9 Å². The van der Waals surface area contributed by atoms with E-state index >= 15 is 0 Å². The van der Waals surface area contributed by atoms with E-state index in [0.29, 0.717) is 26.4 Å². The van der Waals surface area contributed by atoms with Crippen LogP contribution in [0.3, 0.4) is 0 Å². The summed E-state index contributed by atoms with van der Waals surface area (Å²) in [6.45, 7) is 0. The molecule has 0 bridgehead atoms. The number of fused-ring (bicyclic) bond motifs is 3. The van der Waals surface area contributed by atoms with Crippen LogP contribution in [0.25, 0.3) is 20.7 Å². The Morgan fingerprint density at radius 3 is 2.54 bits per heavy atom. The van der Waals surface area contributed by atoms with E-state index in [1.807, 2.05) is 22.9 Å². The Bertz CT molecular complexity index is 1180. The van der Waals surface area contributed by atoms with E-state index in [2.05, 4.69) is 15.6 Å². The summed E-state index contributed by atoms with van der Waals surface area (Å²) in [5, 5.41) is 10.4. The first-order chi connectivity index (χ1) is 13.4. The first kappa shape index (κ1) is 17.7. The van der Waals surface area contributed by atoms with E-state index < -0.39 is 18.0 Å². The third-order valence-electron chi connectivity index (χ3n) is 4.34. The Balaban J connectivity index is 1.76. The summed E-state index contributed by atoms with van der Waals surface area (Å²) in [5.74, 6) is -0.319. The first-order valence-corrected chi connectivity index (χ1v) is 10.7. The topological polar surface area (TPSA) is 54.0 Å². The lowest BCUT2D eigenvalue weighted by Gasteiger charge is -2.25. The number of hydrogen-bond donors (Lipinski definition) is 2. The van der Waals surface area contributed by atoms with Gasteiger partial charge < -0.3 is 10.6 Å². The summed E-state index contributed by atoms with van der Waals surface area (Å²) in [5.41, 5.74) is 0.000871. The lowest BCUT2D eigenvalue weighted by molar-refractivity contribution is -0.140. The Labute approximate surface area is 168 Å². The highest BCUT2D eigenvalue weighted by molar-refractivity contribution is 7.21. The predicted molar refractivity (Wildman–Crippen MR) is 106 cm³/mol. The fourth-order valence-electron chi connectivity index (χ4n) is 3.14. The van der Waals surface area contributed by atoms with Gasteiger partial charge in [-0.3, -0.25) is 4.79 Å². The maximum atomic E-state index is 13.4. The number of pyridine rings is 1. The molecule has 0 spiro atoms. The molecular weight excluding hydrogens is 427 g/mol. The van der Waals surface area contributed by atoms with Gasteiger partial charge in [0.1, 0.15) is 21.6 Å². The minimum atomic E-state index is -4.57. The molecule has 10 heteroatoms. The lowest BCUT2D eigenvalue weighted by Crippen LogP contribution is -2.37.